The predicted octanol–water partition coefficient (Wildman–Crippen LogP) is 9.39. The first-order chi connectivity index (χ1) is 45.6. The highest BCUT2D eigenvalue weighted by atomic mass is 35.5. The summed E-state index contributed by atoms with van der Waals surface area (Å²) in [6.45, 7) is 20.2. The van der Waals surface area contributed by atoms with Gasteiger partial charge < -0.3 is 31.7 Å². The van der Waals surface area contributed by atoms with E-state index in [4.69, 9.17) is 48.5 Å². The molecule has 0 bridgehead atoms. The average Bonchev–Trinajstić information content (AvgIpc) is 1.61. The van der Waals surface area contributed by atoms with Gasteiger partial charge in [0.2, 0.25) is 11.4 Å². The Hall–Kier alpha value is -6.25. The van der Waals surface area contributed by atoms with Crippen molar-refractivity contribution in [2.45, 2.75) is 147 Å². The molecular formula is C68H84Cl3N4O18S6-. The Balaban J connectivity index is 0.000000365. The molecule has 0 atom stereocenters. The van der Waals surface area contributed by atoms with E-state index in [0.717, 1.165) is 106 Å². The molecule has 0 radical (unpaired) electrons. The number of rotatable bonds is 22. The molecule has 3 aliphatic heterocycles. The predicted molar refractivity (Wildman–Crippen MR) is 381 cm³/mol. The van der Waals surface area contributed by atoms with Crippen LogP contribution in [0.4, 0.5) is 22.7 Å². The van der Waals surface area contributed by atoms with Crippen molar-refractivity contribution in [3.8, 4) is 0 Å². The van der Waals surface area contributed by atoms with E-state index in [2.05, 4.69) is 79.9 Å². The van der Waals surface area contributed by atoms with Crippen LogP contribution < -0.4 is 22.6 Å². The summed E-state index contributed by atoms with van der Waals surface area (Å²) in [6.07, 6.45) is 20.1. The highest BCUT2D eigenvalue weighted by molar-refractivity contribution is 7.86. The van der Waals surface area contributed by atoms with Crippen LogP contribution in [0.25, 0.3) is 0 Å². The Bertz CT molecular complexity index is 4560. The molecule has 3 heterocycles. The standard InChI is InChI=1S/C38H47ClN2O9S3.C15H16ClN.C15H21NO3S.ClH.2O3S/c1-37(2)30-14-5-6-15-32(30)40(22-7-9-24-51(42,43)44)34(37)20-16-27-12-11-13-28(36(27)39)17-21-35-38(3,4)31-26-29(53(48,49)50)18-19-33(31)41(35)23-8-10-25-52(45,46)47;1-2-12-7-6-8-13(15(12)16)11-17-14-9-4-3-5-10-14;1-12-15(2,3)13-8-4-5-9-14(13)16(12)10-6-7-11-20(17,18)19;;2*1-4(2)3/h5-6,14-21,26H,7-13,22-25H2,1-4H3,(H2-,42,43,44,45,46,47,48,49,50);2-5,9-11,17H,1,6-8H2;4-5,8-9H,6-7,10-11H2,1-3H3;1H;;/p-1/b;13-11+;;;;. The van der Waals surface area contributed by atoms with E-state index in [-0.39, 0.29) is 52.5 Å². The summed E-state index contributed by atoms with van der Waals surface area (Å²) in [4.78, 5) is 1.80. The Morgan fingerprint density at radius 2 is 1.07 bits per heavy atom. The minimum Gasteiger partial charge on any atom is -1.00 e. The summed E-state index contributed by atoms with van der Waals surface area (Å²) in [5.41, 5.74) is 13.5. The third kappa shape index (κ3) is 25.1. The number of allylic oxidation sites excluding steroid dienone is 12. The lowest BCUT2D eigenvalue weighted by Gasteiger charge is -2.27. The maximum Gasteiger partial charge on any atom is 0.425 e. The van der Waals surface area contributed by atoms with Gasteiger partial charge in [-0.2, -0.15) is 26.0 Å². The molecule has 0 amide bonds. The molecule has 4 aromatic rings. The van der Waals surface area contributed by atoms with E-state index in [1.165, 1.54) is 29.1 Å². The highest BCUT2D eigenvalue weighted by Crippen LogP contribution is 2.49. The van der Waals surface area contributed by atoms with Gasteiger partial charge >= 0.3 is 21.2 Å². The monoisotopic (exact) mass is 1540 g/mol. The summed E-state index contributed by atoms with van der Waals surface area (Å²) < 4.78 is 186. The fourth-order valence-electron chi connectivity index (χ4n) is 12.3. The van der Waals surface area contributed by atoms with Gasteiger partial charge in [0.15, 0.2) is 11.4 Å². The van der Waals surface area contributed by atoms with Crippen LogP contribution in [0.1, 0.15) is 142 Å². The molecule has 0 fully saturated rings. The maximum atomic E-state index is 12.0. The molecule has 2 aliphatic carbocycles. The van der Waals surface area contributed by atoms with Crippen LogP contribution in [-0.2, 0) is 77.9 Å². The zero-order valence-electron chi connectivity index (χ0n) is 56.0. The molecule has 99 heavy (non-hydrogen) atoms. The van der Waals surface area contributed by atoms with E-state index in [9.17, 15) is 51.9 Å². The van der Waals surface area contributed by atoms with Gasteiger partial charge in [-0.05, 0) is 156 Å². The largest absolute Gasteiger partial charge is 1.00 e. The van der Waals surface area contributed by atoms with Gasteiger partial charge in [0, 0.05) is 106 Å². The van der Waals surface area contributed by atoms with Crippen LogP contribution >= 0.6 is 23.2 Å². The third-order valence-corrected chi connectivity index (χ3v) is 21.7. The summed E-state index contributed by atoms with van der Waals surface area (Å²) in [6, 6.07) is 30.9. The quantitative estimate of drug-likeness (QED) is 0.0374. The summed E-state index contributed by atoms with van der Waals surface area (Å²) >= 11 is 13.4. The van der Waals surface area contributed by atoms with Crippen molar-refractivity contribution >= 4 is 119 Å². The lowest BCUT2D eigenvalue weighted by molar-refractivity contribution is -0.439. The average molecular weight is 1540 g/mol. The number of anilines is 2. The molecule has 0 spiro atoms. The van der Waals surface area contributed by atoms with Gasteiger partial charge in [0.05, 0.1) is 41.7 Å². The fraction of sp³-hybridized carbons (Fsp3) is 0.412. The van der Waals surface area contributed by atoms with Crippen molar-refractivity contribution in [1.82, 2.24) is 0 Å². The van der Waals surface area contributed by atoms with Crippen LogP contribution in [-0.4, -0.2) is 135 Å². The van der Waals surface area contributed by atoms with Crippen LogP contribution in [0.2, 0.25) is 0 Å². The fourth-order valence-corrected chi connectivity index (χ4v) is 15.1. The zero-order valence-corrected chi connectivity index (χ0v) is 63.2. The number of hydrogen-bond donors (Lipinski definition) is 3. The number of benzene rings is 4. The topological polar surface area (TPSA) is 347 Å². The Labute approximate surface area is 602 Å². The second kappa shape index (κ2) is 37.1. The van der Waals surface area contributed by atoms with Crippen molar-refractivity contribution in [3.63, 3.8) is 0 Å². The number of nitrogens with zero attached hydrogens (tertiary/aromatic N) is 3. The smallest absolute Gasteiger partial charge is 0.425 e. The van der Waals surface area contributed by atoms with Gasteiger partial charge in [-0.3, -0.25) is 9.11 Å². The van der Waals surface area contributed by atoms with E-state index < -0.39 is 72.9 Å². The summed E-state index contributed by atoms with van der Waals surface area (Å²) in [7, 11) is -23.2. The van der Waals surface area contributed by atoms with Gasteiger partial charge in [-0.25, -0.2) is 16.8 Å². The molecule has 9 rings (SSSR count). The zero-order chi connectivity index (χ0) is 73.2. The molecule has 4 aromatic carbocycles. The highest BCUT2D eigenvalue weighted by Gasteiger charge is 2.45. The van der Waals surface area contributed by atoms with E-state index in [1.54, 1.807) is 6.07 Å². The molecule has 0 aromatic heterocycles. The molecule has 5 aliphatic rings. The molecule has 0 unspecified atom stereocenters. The first kappa shape index (κ1) is 85.2. The minimum absolute atomic E-state index is 0. The molecule has 0 saturated carbocycles. The van der Waals surface area contributed by atoms with Crippen LogP contribution in [0.15, 0.2) is 183 Å². The molecular weight excluding hydrogens is 1460 g/mol. The number of halogens is 3. The molecule has 3 N–H and O–H groups in total. The van der Waals surface area contributed by atoms with E-state index in [0.29, 0.717) is 49.4 Å². The normalized spacial score (nSPS) is 18.0. The van der Waals surface area contributed by atoms with Crippen molar-refractivity contribution in [2.75, 3.05) is 47.1 Å². The number of hydrogen-bond acceptors (Lipinski definition) is 18. The third-order valence-electron chi connectivity index (χ3n) is 17.5. The molecule has 22 nitrogen and oxygen atoms in total. The van der Waals surface area contributed by atoms with Gasteiger partial charge in [0.25, 0.3) is 20.2 Å². The van der Waals surface area contributed by atoms with Gasteiger partial charge in [-0.1, -0.05) is 116 Å². The van der Waals surface area contributed by atoms with Crippen LogP contribution in [0.5, 0.6) is 0 Å². The van der Waals surface area contributed by atoms with Crippen molar-refractivity contribution < 1.29 is 98.7 Å². The molecule has 31 heteroatoms. The number of nitrogens with one attached hydrogen (secondary N) is 1. The number of unbranched alkanes of at least 4 members (excludes halogenated alkanes) is 3. The lowest BCUT2D eigenvalue weighted by Crippen LogP contribution is -3.00. The van der Waals surface area contributed by atoms with Gasteiger partial charge in [0.1, 0.15) is 13.1 Å². The second-order valence-corrected chi connectivity index (χ2v) is 32.8. The van der Waals surface area contributed by atoms with E-state index >= 15 is 0 Å². The van der Waals surface area contributed by atoms with Crippen LogP contribution in [0.3, 0.4) is 0 Å². The Morgan fingerprint density at radius 1 is 0.586 bits per heavy atom. The minimum atomic E-state index is -4.45. The van der Waals surface area contributed by atoms with Crippen molar-refractivity contribution in [1.29, 1.82) is 0 Å². The van der Waals surface area contributed by atoms with Gasteiger partial charge in [-0.15, -0.1) is 25.3 Å². The Morgan fingerprint density at radius 3 is 1.61 bits per heavy atom. The maximum absolute atomic E-state index is 12.0. The lowest BCUT2D eigenvalue weighted by atomic mass is 9.81. The van der Waals surface area contributed by atoms with Crippen molar-refractivity contribution in [3.05, 3.63) is 195 Å². The molecule has 0 saturated heterocycles. The van der Waals surface area contributed by atoms with Crippen molar-refractivity contribution in [2.24, 2.45) is 0 Å². The first-order valence-electron chi connectivity index (χ1n) is 31.3. The first-order valence-corrected chi connectivity index (χ1v) is 40.3. The number of para-hydroxylation sites is 3. The number of fused-ring (bicyclic) bond motifs is 3. The van der Waals surface area contributed by atoms with E-state index in [1.807, 2.05) is 110 Å². The second-order valence-electron chi connectivity index (χ2n) is 25.2. The summed E-state index contributed by atoms with van der Waals surface area (Å²) in [5, 5.41) is 4.76. The summed E-state index contributed by atoms with van der Waals surface area (Å²) in [5.74, 6) is -1.04. The molecule has 542 valence electrons. The SMILES string of the molecule is C=CC1=C(Cl)/C(=C/Nc2ccccc2)CCC1.CC1(C)C(/C=C/C2=C(Cl)C(=C/C=C3/N(CCCCS(=O)(=O)O)c4ccc(S(=O)(=O)O)cc4C3(C)C)/CCC2)=[N+](CCCCS(=O)(=O)[O-])c2ccccc21.CC1=[N+](CCCCS(=O)(=O)[O-])c2ccccc2C1(C)C.O=S(=O)=O.O=S(=O)=O.[Cl-]. The Kier molecular flexibility index (Phi) is 31.9. The van der Waals surface area contributed by atoms with Crippen LogP contribution in [0, 0.1) is 0 Å².